The Balaban J connectivity index is 1.40. The standard InChI is InChI=1S/C34H30O/c1-22-17-19-25(20-18-22)34-21-28(35-2)26-15-9-10-16-27(26)32(34)33(34)31-29(23-11-5-3-6-12-23)30(31)24-13-7-4-8-14-24/h3-21,29-33H,1-2H3/t29-,30+,31?,32-,33-,34+/m1/s1. The SMILES string of the molecule is COC1=C[C@]2(c3ccc(C)cc3)[C@H](c3ccccc31)[C@H]2C1[C@@H](c2ccccc2)[C@H]1c1ccccc1. The van der Waals surface area contributed by atoms with Crippen molar-refractivity contribution in [2.75, 3.05) is 7.11 Å². The van der Waals surface area contributed by atoms with Gasteiger partial charge in [0.05, 0.1) is 7.11 Å². The van der Waals surface area contributed by atoms with Crippen LogP contribution in [0.4, 0.5) is 0 Å². The number of hydrogen-bond acceptors (Lipinski definition) is 1. The fourth-order valence-corrected chi connectivity index (χ4v) is 7.36. The highest BCUT2D eigenvalue weighted by atomic mass is 16.5. The number of allylic oxidation sites excluding steroid dienone is 1. The molecule has 4 aromatic carbocycles. The minimum atomic E-state index is -0.0192. The van der Waals surface area contributed by atoms with Gasteiger partial charge in [-0.05, 0) is 58.9 Å². The maximum atomic E-state index is 6.02. The molecule has 35 heavy (non-hydrogen) atoms. The number of methoxy groups -OCH3 is 1. The van der Waals surface area contributed by atoms with Crippen LogP contribution < -0.4 is 0 Å². The number of hydrogen-bond donors (Lipinski definition) is 0. The van der Waals surface area contributed by atoms with Crippen LogP contribution in [0.1, 0.15) is 51.1 Å². The maximum absolute atomic E-state index is 6.02. The van der Waals surface area contributed by atoms with E-state index in [9.17, 15) is 0 Å². The van der Waals surface area contributed by atoms with Gasteiger partial charge >= 0.3 is 0 Å². The van der Waals surface area contributed by atoms with Gasteiger partial charge in [-0.3, -0.25) is 0 Å². The first-order valence-corrected chi connectivity index (χ1v) is 12.8. The summed E-state index contributed by atoms with van der Waals surface area (Å²) in [5.41, 5.74) is 8.36. The predicted octanol–water partition coefficient (Wildman–Crippen LogP) is 7.84. The van der Waals surface area contributed by atoms with E-state index in [4.69, 9.17) is 4.74 Å². The Labute approximate surface area is 208 Å². The summed E-state index contributed by atoms with van der Waals surface area (Å²) in [6, 6.07) is 40.5. The zero-order valence-electron chi connectivity index (χ0n) is 20.3. The van der Waals surface area contributed by atoms with Crippen LogP contribution in [-0.4, -0.2) is 7.11 Å². The number of rotatable bonds is 5. The van der Waals surface area contributed by atoms with Gasteiger partial charge in [-0.25, -0.2) is 0 Å². The van der Waals surface area contributed by atoms with Gasteiger partial charge in [0, 0.05) is 16.9 Å². The molecule has 0 aliphatic heterocycles. The molecule has 0 radical (unpaired) electrons. The Hall–Kier alpha value is -3.58. The van der Waals surface area contributed by atoms with Crippen molar-refractivity contribution in [3.63, 3.8) is 0 Å². The normalized spacial score (nSPS) is 30.0. The van der Waals surface area contributed by atoms with Crippen molar-refractivity contribution < 1.29 is 4.74 Å². The number of ether oxygens (including phenoxy) is 1. The van der Waals surface area contributed by atoms with Gasteiger partial charge in [0.2, 0.25) is 0 Å². The summed E-state index contributed by atoms with van der Waals surface area (Å²) in [5, 5.41) is 0. The van der Waals surface area contributed by atoms with E-state index in [2.05, 4.69) is 122 Å². The summed E-state index contributed by atoms with van der Waals surface area (Å²) in [6.45, 7) is 2.17. The third-order valence-electron chi connectivity index (χ3n) is 8.88. The van der Waals surface area contributed by atoms with Gasteiger partial charge in [0.15, 0.2) is 0 Å². The largest absolute Gasteiger partial charge is 0.496 e. The van der Waals surface area contributed by atoms with E-state index in [-0.39, 0.29) is 5.41 Å². The molecule has 1 nitrogen and oxygen atoms in total. The summed E-state index contributed by atoms with van der Waals surface area (Å²) < 4.78 is 6.02. The molecule has 0 aromatic heterocycles. The summed E-state index contributed by atoms with van der Waals surface area (Å²) in [6.07, 6.45) is 2.47. The monoisotopic (exact) mass is 454 g/mol. The first-order valence-electron chi connectivity index (χ1n) is 12.8. The van der Waals surface area contributed by atoms with E-state index >= 15 is 0 Å². The van der Waals surface area contributed by atoms with Gasteiger partial charge in [0.1, 0.15) is 5.76 Å². The molecule has 3 aliphatic rings. The zero-order chi connectivity index (χ0) is 23.6. The second-order valence-electron chi connectivity index (χ2n) is 10.6. The van der Waals surface area contributed by atoms with Crippen molar-refractivity contribution in [3.8, 4) is 0 Å². The molecule has 0 amide bonds. The highest BCUT2D eigenvalue weighted by Crippen LogP contribution is 2.81. The van der Waals surface area contributed by atoms with Gasteiger partial charge in [-0.1, -0.05) is 115 Å². The molecule has 2 fully saturated rings. The molecule has 0 spiro atoms. The van der Waals surface area contributed by atoms with Crippen LogP contribution in [0, 0.1) is 18.8 Å². The summed E-state index contributed by atoms with van der Waals surface area (Å²) >= 11 is 0. The topological polar surface area (TPSA) is 9.23 Å². The average Bonchev–Trinajstić information content (AvgIpc) is 3.81. The van der Waals surface area contributed by atoms with Gasteiger partial charge in [0.25, 0.3) is 0 Å². The highest BCUT2D eigenvalue weighted by Gasteiger charge is 2.75. The van der Waals surface area contributed by atoms with Gasteiger partial charge in [-0.2, -0.15) is 0 Å². The molecular weight excluding hydrogens is 424 g/mol. The Morgan fingerprint density at radius 1 is 0.657 bits per heavy atom. The number of aryl methyl sites for hydroxylation is 1. The maximum Gasteiger partial charge on any atom is 0.123 e. The van der Waals surface area contributed by atoms with E-state index in [1.165, 1.54) is 33.4 Å². The molecule has 4 aromatic rings. The molecule has 0 heterocycles. The molecule has 6 atom stereocenters. The van der Waals surface area contributed by atoms with Crippen molar-refractivity contribution in [2.45, 2.75) is 30.1 Å². The quantitative estimate of drug-likeness (QED) is 0.298. The van der Waals surface area contributed by atoms with E-state index in [1.54, 1.807) is 0 Å². The minimum Gasteiger partial charge on any atom is -0.496 e. The Bertz CT molecular complexity index is 1360. The summed E-state index contributed by atoms with van der Waals surface area (Å²) in [4.78, 5) is 0. The zero-order valence-corrected chi connectivity index (χ0v) is 20.3. The van der Waals surface area contributed by atoms with Crippen LogP contribution in [0.25, 0.3) is 5.76 Å². The third kappa shape index (κ3) is 3.01. The molecule has 1 unspecified atom stereocenters. The molecule has 3 aliphatic carbocycles. The van der Waals surface area contributed by atoms with E-state index in [0.717, 1.165) is 5.76 Å². The molecule has 1 heteroatoms. The van der Waals surface area contributed by atoms with Gasteiger partial charge < -0.3 is 4.74 Å². The summed E-state index contributed by atoms with van der Waals surface area (Å²) in [5.74, 6) is 3.71. The smallest absolute Gasteiger partial charge is 0.123 e. The lowest BCUT2D eigenvalue weighted by Crippen LogP contribution is -2.15. The van der Waals surface area contributed by atoms with Crippen LogP contribution in [0.5, 0.6) is 0 Å². The van der Waals surface area contributed by atoms with Crippen molar-refractivity contribution in [3.05, 3.63) is 149 Å². The fraction of sp³-hybridized carbons (Fsp3) is 0.235. The lowest BCUT2D eigenvalue weighted by Gasteiger charge is -2.24. The van der Waals surface area contributed by atoms with Crippen LogP contribution in [-0.2, 0) is 10.2 Å². The third-order valence-corrected chi connectivity index (χ3v) is 8.88. The first-order chi connectivity index (χ1) is 17.2. The summed E-state index contributed by atoms with van der Waals surface area (Å²) in [7, 11) is 1.82. The van der Waals surface area contributed by atoms with Gasteiger partial charge in [-0.15, -0.1) is 0 Å². The van der Waals surface area contributed by atoms with Crippen molar-refractivity contribution in [2.24, 2.45) is 11.8 Å². The first kappa shape index (κ1) is 20.8. The van der Waals surface area contributed by atoms with Crippen LogP contribution in [0.2, 0.25) is 0 Å². The van der Waals surface area contributed by atoms with E-state index < -0.39 is 0 Å². The molecular formula is C34H30O. The molecule has 0 bridgehead atoms. The Morgan fingerprint density at radius 3 is 1.83 bits per heavy atom. The molecule has 2 saturated carbocycles. The van der Waals surface area contributed by atoms with Crippen LogP contribution in [0.15, 0.2) is 115 Å². The van der Waals surface area contributed by atoms with Crippen LogP contribution in [0.3, 0.4) is 0 Å². The van der Waals surface area contributed by atoms with Crippen LogP contribution >= 0.6 is 0 Å². The fourth-order valence-electron chi connectivity index (χ4n) is 7.36. The van der Waals surface area contributed by atoms with Crippen molar-refractivity contribution in [1.82, 2.24) is 0 Å². The van der Waals surface area contributed by atoms with E-state index in [0.29, 0.717) is 29.6 Å². The number of fused-ring (bicyclic) bond motifs is 3. The Morgan fingerprint density at radius 2 is 1.23 bits per heavy atom. The predicted molar refractivity (Wildman–Crippen MR) is 142 cm³/mol. The lowest BCUT2D eigenvalue weighted by molar-refractivity contribution is 0.365. The molecule has 0 N–H and O–H groups in total. The highest BCUT2D eigenvalue weighted by molar-refractivity contribution is 5.75. The second-order valence-corrected chi connectivity index (χ2v) is 10.6. The van der Waals surface area contributed by atoms with Crippen molar-refractivity contribution >= 4 is 5.76 Å². The lowest BCUT2D eigenvalue weighted by atomic mass is 9.83. The molecule has 0 saturated heterocycles. The number of benzene rings is 4. The molecule has 7 rings (SSSR count). The minimum absolute atomic E-state index is 0.0192. The van der Waals surface area contributed by atoms with Crippen molar-refractivity contribution in [1.29, 1.82) is 0 Å². The van der Waals surface area contributed by atoms with E-state index in [1.807, 2.05) is 7.11 Å². The Kier molecular flexibility index (Phi) is 4.58. The second kappa shape index (κ2) is 7.71. The molecule has 172 valence electrons. The average molecular weight is 455 g/mol.